The van der Waals surface area contributed by atoms with Gasteiger partial charge in [-0.2, -0.15) is 0 Å². The lowest BCUT2D eigenvalue weighted by Gasteiger charge is -2.05. The minimum Gasteiger partial charge on any atom is -0.480 e. The zero-order valence-corrected chi connectivity index (χ0v) is 10.9. The molecule has 5 nitrogen and oxygen atoms in total. The third-order valence-electron chi connectivity index (χ3n) is 2.04. The zero-order valence-electron chi connectivity index (χ0n) is 8.50. The first-order valence-corrected chi connectivity index (χ1v) is 6.26. The number of aliphatic carboxylic acids is 1. The number of halogens is 1. The highest BCUT2D eigenvalue weighted by Gasteiger charge is 2.18. The van der Waals surface area contributed by atoms with Crippen molar-refractivity contribution in [2.45, 2.75) is 6.04 Å². The SMILES string of the molecule is NC(C(=O)O)c1nccc(-c2ccc(Br)s2)n1. The minimum absolute atomic E-state index is 0.111. The zero-order chi connectivity index (χ0) is 12.4. The van der Waals surface area contributed by atoms with E-state index in [2.05, 4.69) is 25.9 Å². The predicted molar refractivity (Wildman–Crippen MR) is 67.6 cm³/mol. The van der Waals surface area contributed by atoms with Gasteiger partial charge in [0.2, 0.25) is 0 Å². The summed E-state index contributed by atoms with van der Waals surface area (Å²) in [7, 11) is 0. The number of carboxylic acids is 1. The van der Waals surface area contributed by atoms with Gasteiger partial charge < -0.3 is 10.8 Å². The van der Waals surface area contributed by atoms with Crippen LogP contribution >= 0.6 is 27.3 Å². The van der Waals surface area contributed by atoms with Crippen LogP contribution in [0.25, 0.3) is 10.6 Å². The molecule has 0 aliphatic carbocycles. The monoisotopic (exact) mass is 313 g/mol. The topological polar surface area (TPSA) is 89.1 Å². The summed E-state index contributed by atoms with van der Waals surface area (Å²) < 4.78 is 0.982. The molecule has 17 heavy (non-hydrogen) atoms. The molecule has 2 aromatic rings. The van der Waals surface area contributed by atoms with Gasteiger partial charge in [0, 0.05) is 6.20 Å². The maximum absolute atomic E-state index is 10.7. The minimum atomic E-state index is -1.20. The molecule has 7 heteroatoms. The molecule has 0 spiro atoms. The van der Waals surface area contributed by atoms with Crippen molar-refractivity contribution in [2.75, 3.05) is 0 Å². The van der Waals surface area contributed by atoms with E-state index >= 15 is 0 Å². The quantitative estimate of drug-likeness (QED) is 0.905. The molecule has 2 heterocycles. The predicted octanol–water partition coefficient (Wildman–Crippen LogP) is 2.05. The fraction of sp³-hybridized carbons (Fsp3) is 0.100. The lowest BCUT2D eigenvalue weighted by atomic mass is 10.2. The Kier molecular flexibility index (Phi) is 3.51. The van der Waals surface area contributed by atoms with Gasteiger partial charge in [-0.3, -0.25) is 4.79 Å². The molecule has 0 saturated carbocycles. The van der Waals surface area contributed by atoms with Crippen LogP contribution in [0.2, 0.25) is 0 Å². The summed E-state index contributed by atoms with van der Waals surface area (Å²) in [5, 5.41) is 8.79. The first-order valence-electron chi connectivity index (χ1n) is 4.65. The number of thiophene rings is 1. The van der Waals surface area contributed by atoms with E-state index in [0.29, 0.717) is 5.69 Å². The van der Waals surface area contributed by atoms with Crippen molar-refractivity contribution in [3.05, 3.63) is 34.0 Å². The summed E-state index contributed by atoms with van der Waals surface area (Å²) in [5.41, 5.74) is 6.13. The molecule has 2 rings (SSSR count). The molecule has 3 N–H and O–H groups in total. The summed E-state index contributed by atoms with van der Waals surface area (Å²) in [6.07, 6.45) is 1.51. The first kappa shape index (κ1) is 12.2. The summed E-state index contributed by atoms with van der Waals surface area (Å²) in [6, 6.07) is 4.32. The van der Waals surface area contributed by atoms with Gasteiger partial charge in [-0.05, 0) is 34.1 Å². The normalized spacial score (nSPS) is 12.4. The van der Waals surface area contributed by atoms with E-state index in [1.807, 2.05) is 12.1 Å². The van der Waals surface area contributed by atoms with Gasteiger partial charge in [-0.15, -0.1) is 11.3 Å². The molecule has 1 unspecified atom stereocenters. The number of nitrogens with zero attached hydrogens (tertiary/aromatic N) is 2. The van der Waals surface area contributed by atoms with Crippen molar-refractivity contribution < 1.29 is 9.90 Å². The molecule has 88 valence electrons. The molecule has 0 aromatic carbocycles. The van der Waals surface area contributed by atoms with Crippen LogP contribution in [0, 0.1) is 0 Å². The van der Waals surface area contributed by atoms with E-state index in [4.69, 9.17) is 10.8 Å². The summed E-state index contributed by atoms with van der Waals surface area (Å²) in [6.45, 7) is 0. The Morgan fingerprint density at radius 1 is 1.47 bits per heavy atom. The molecule has 0 amide bonds. The van der Waals surface area contributed by atoms with Gasteiger partial charge in [-0.1, -0.05) is 0 Å². The number of aromatic nitrogens is 2. The number of hydrogen-bond donors (Lipinski definition) is 2. The van der Waals surface area contributed by atoms with Crippen molar-refractivity contribution >= 4 is 33.2 Å². The van der Waals surface area contributed by atoms with E-state index in [0.717, 1.165) is 8.66 Å². The van der Waals surface area contributed by atoms with E-state index in [9.17, 15) is 4.79 Å². The molecule has 0 fully saturated rings. The highest BCUT2D eigenvalue weighted by Crippen LogP contribution is 2.30. The highest BCUT2D eigenvalue weighted by atomic mass is 79.9. The van der Waals surface area contributed by atoms with Crippen LogP contribution in [0.3, 0.4) is 0 Å². The molecule has 0 aliphatic rings. The fourth-order valence-corrected chi connectivity index (χ4v) is 2.58. The maximum Gasteiger partial charge on any atom is 0.328 e. The number of rotatable bonds is 3. The second-order valence-electron chi connectivity index (χ2n) is 3.22. The Balaban J connectivity index is 2.38. The number of hydrogen-bond acceptors (Lipinski definition) is 5. The second kappa shape index (κ2) is 4.91. The fourth-order valence-electron chi connectivity index (χ4n) is 1.22. The van der Waals surface area contributed by atoms with Crippen molar-refractivity contribution in [3.8, 4) is 10.6 Å². The third-order valence-corrected chi connectivity index (χ3v) is 3.69. The van der Waals surface area contributed by atoms with E-state index in [1.165, 1.54) is 17.5 Å². The lowest BCUT2D eigenvalue weighted by molar-refractivity contribution is -0.138. The molecule has 0 radical (unpaired) electrons. The van der Waals surface area contributed by atoms with Gasteiger partial charge in [0.15, 0.2) is 11.9 Å². The molecule has 2 aromatic heterocycles. The maximum atomic E-state index is 10.7. The smallest absolute Gasteiger partial charge is 0.328 e. The van der Waals surface area contributed by atoms with Crippen LogP contribution in [0.1, 0.15) is 11.9 Å². The number of carboxylic acid groups (broad SMARTS) is 1. The molecular formula is C10H8BrN3O2S. The van der Waals surface area contributed by atoms with E-state index < -0.39 is 12.0 Å². The lowest BCUT2D eigenvalue weighted by Crippen LogP contribution is -2.23. The standard InChI is InChI=1S/C10H8BrN3O2S/c11-7-2-1-6(17-7)5-3-4-13-9(14-5)8(12)10(15)16/h1-4,8H,12H2,(H,15,16). The van der Waals surface area contributed by atoms with Crippen molar-refractivity contribution in [3.63, 3.8) is 0 Å². The van der Waals surface area contributed by atoms with E-state index in [1.54, 1.807) is 6.07 Å². The second-order valence-corrected chi connectivity index (χ2v) is 5.68. The average molecular weight is 314 g/mol. The Hall–Kier alpha value is -1.31. The molecular weight excluding hydrogens is 306 g/mol. The Morgan fingerprint density at radius 2 is 2.24 bits per heavy atom. The first-order chi connectivity index (χ1) is 8.08. The molecule has 0 bridgehead atoms. The Labute approximate surface area is 109 Å². The van der Waals surface area contributed by atoms with Gasteiger partial charge >= 0.3 is 5.97 Å². The van der Waals surface area contributed by atoms with Crippen molar-refractivity contribution in [1.82, 2.24) is 9.97 Å². The molecule has 0 aliphatic heterocycles. The summed E-state index contributed by atoms with van der Waals surface area (Å²) >= 11 is 4.86. The number of carbonyl (C=O) groups is 1. The van der Waals surface area contributed by atoms with Gasteiger partial charge in [0.1, 0.15) is 0 Å². The average Bonchev–Trinajstić information content (AvgIpc) is 2.75. The largest absolute Gasteiger partial charge is 0.480 e. The van der Waals surface area contributed by atoms with Crippen LogP contribution in [0.4, 0.5) is 0 Å². The molecule has 0 saturated heterocycles. The van der Waals surface area contributed by atoms with Crippen LogP contribution in [0.5, 0.6) is 0 Å². The highest BCUT2D eigenvalue weighted by molar-refractivity contribution is 9.11. The summed E-state index contributed by atoms with van der Waals surface area (Å²) in [4.78, 5) is 19.7. The number of nitrogens with two attached hydrogens (primary N) is 1. The Morgan fingerprint density at radius 3 is 2.82 bits per heavy atom. The van der Waals surface area contributed by atoms with E-state index in [-0.39, 0.29) is 5.82 Å². The third kappa shape index (κ3) is 2.68. The van der Waals surface area contributed by atoms with Crippen LogP contribution in [-0.4, -0.2) is 21.0 Å². The van der Waals surface area contributed by atoms with Gasteiger partial charge in [0.25, 0.3) is 0 Å². The van der Waals surface area contributed by atoms with Crippen LogP contribution < -0.4 is 5.73 Å². The molecule has 1 atom stereocenters. The Bertz CT molecular complexity index is 558. The van der Waals surface area contributed by atoms with Gasteiger partial charge in [0.05, 0.1) is 14.4 Å². The summed E-state index contributed by atoms with van der Waals surface area (Å²) in [5.74, 6) is -1.03. The van der Waals surface area contributed by atoms with Crippen LogP contribution in [0.15, 0.2) is 28.2 Å². The van der Waals surface area contributed by atoms with Gasteiger partial charge in [-0.25, -0.2) is 9.97 Å². The van der Waals surface area contributed by atoms with Crippen molar-refractivity contribution in [2.24, 2.45) is 5.73 Å². The van der Waals surface area contributed by atoms with Crippen molar-refractivity contribution in [1.29, 1.82) is 0 Å². The van der Waals surface area contributed by atoms with Crippen LogP contribution in [-0.2, 0) is 4.79 Å².